The molecule has 0 aromatic heterocycles. The minimum Gasteiger partial charge on any atom is -0.497 e. The molecule has 1 aliphatic heterocycles. The zero-order valence-corrected chi connectivity index (χ0v) is 15.1. The number of carbonyl (C=O) groups is 1. The summed E-state index contributed by atoms with van der Waals surface area (Å²) in [6, 6.07) is 7.65. The molecular weight excluding hydrogens is 306 g/mol. The van der Waals surface area contributed by atoms with E-state index in [1.807, 2.05) is 45.0 Å². The molecule has 1 amide bonds. The maximum absolute atomic E-state index is 12.6. The van der Waals surface area contributed by atoms with Crippen LogP contribution >= 0.6 is 0 Å². The predicted molar refractivity (Wildman–Crippen MR) is 93.4 cm³/mol. The van der Waals surface area contributed by atoms with Gasteiger partial charge in [-0.15, -0.1) is 0 Å². The molecule has 2 atom stereocenters. The number of rotatable bonds is 4. The van der Waals surface area contributed by atoms with Crippen LogP contribution in [0.4, 0.5) is 4.79 Å². The molecule has 0 spiro atoms. The van der Waals surface area contributed by atoms with Gasteiger partial charge in [-0.05, 0) is 57.7 Å². The third-order valence-electron chi connectivity index (χ3n) is 4.38. The van der Waals surface area contributed by atoms with Gasteiger partial charge in [-0.3, -0.25) is 0 Å². The number of aliphatic hydroxyl groups excluding tert-OH is 1. The van der Waals surface area contributed by atoms with Crippen LogP contribution in [0.3, 0.4) is 0 Å². The lowest BCUT2D eigenvalue weighted by Gasteiger charge is -2.40. The van der Waals surface area contributed by atoms with Gasteiger partial charge in [-0.2, -0.15) is 0 Å². The maximum Gasteiger partial charge on any atom is 0.410 e. The minimum atomic E-state index is -0.520. The van der Waals surface area contributed by atoms with Crippen molar-refractivity contribution in [2.75, 3.05) is 20.3 Å². The molecule has 1 saturated heterocycles. The third-order valence-corrected chi connectivity index (χ3v) is 4.38. The Bertz CT molecular complexity index is 535. The summed E-state index contributed by atoms with van der Waals surface area (Å²) in [7, 11) is 1.63. The van der Waals surface area contributed by atoms with Gasteiger partial charge in [0.05, 0.1) is 13.7 Å². The average molecular weight is 335 g/mol. The van der Waals surface area contributed by atoms with Gasteiger partial charge in [0.15, 0.2) is 0 Å². The first-order valence-corrected chi connectivity index (χ1v) is 8.60. The molecule has 0 bridgehead atoms. The number of hydrogen-bond donors (Lipinski definition) is 1. The highest BCUT2D eigenvalue weighted by atomic mass is 16.6. The van der Waals surface area contributed by atoms with Crippen LogP contribution in [0, 0.1) is 0 Å². The van der Waals surface area contributed by atoms with Gasteiger partial charge < -0.3 is 19.5 Å². The van der Waals surface area contributed by atoms with E-state index in [2.05, 4.69) is 0 Å². The number of hydrogen-bond acceptors (Lipinski definition) is 4. The smallest absolute Gasteiger partial charge is 0.410 e. The second-order valence-electron chi connectivity index (χ2n) is 7.30. The molecule has 1 aromatic carbocycles. The number of benzene rings is 1. The molecule has 1 N–H and O–H groups in total. The van der Waals surface area contributed by atoms with Gasteiger partial charge in [0, 0.05) is 18.5 Å². The molecule has 134 valence electrons. The van der Waals surface area contributed by atoms with Gasteiger partial charge >= 0.3 is 6.09 Å². The van der Waals surface area contributed by atoms with Crippen molar-refractivity contribution in [1.82, 2.24) is 4.90 Å². The first kappa shape index (κ1) is 18.6. The first-order chi connectivity index (χ1) is 11.4. The van der Waals surface area contributed by atoms with Gasteiger partial charge in [0.25, 0.3) is 0 Å². The fourth-order valence-electron chi connectivity index (χ4n) is 3.22. The van der Waals surface area contributed by atoms with Crippen molar-refractivity contribution < 1.29 is 19.4 Å². The van der Waals surface area contributed by atoms with Crippen molar-refractivity contribution in [3.05, 3.63) is 29.8 Å². The van der Waals surface area contributed by atoms with Crippen LogP contribution in [0.5, 0.6) is 5.75 Å². The Morgan fingerprint density at radius 3 is 2.50 bits per heavy atom. The monoisotopic (exact) mass is 335 g/mol. The summed E-state index contributed by atoms with van der Waals surface area (Å²) >= 11 is 0. The number of carbonyl (C=O) groups excluding carboxylic acids is 1. The average Bonchev–Trinajstić information content (AvgIpc) is 2.55. The van der Waals surface area contributed by atoms with Crippen LogP contribution in [0.25, 0.3) is 0 Å². The molecule has 0 unspecified atom stereocenters. The van der Waals surface area contributed by atoms with E-state index in [9.17, 15) is 9.90 Å². The fourth-order valence-corrected chi connectivity index (χ4v) is 3.22. The van der Waals surface area contributed by atoms with Crippen molar-refractivity contribution in [2.45, 2.75) is 57.6 Å². The zero-order chi connectivity index (χ0) is 17.7. The van der Waals surface area contributed by atoms with E-state index in [4.69, 9.17) is 9.47 Å². The van der Waals surface area contributed by atoms with Crippen LogP contribution < -0.4 is 4.74 Å². The summed E-state index contributed by atoms with van der Waals surface area (Å²) in [6.07, 6.45) is 2.60. The Labute approximate surface area is 144 Å². The van der Waals surface area contributed by atoms with E-state index in [0.29, 0.717) is 6.54 Å². The van der Waals surface area contributed by atoms with Crippen LogP contribution in [0.2, 0.25) is 0 Å². The standard InChI is InChI=1S/C19H29NO4/c1-19(2,3)24-18(22)20-12-6-5-7-17(20)16(13-21)14-8-10-15(23-4)11-9-14/h8-11,16-17,21H,5-7,12-13H2,1-4H3/t16-,17-/m0/s1. The maximum atomic E-state index is 12.6. The second-order valence-corrected chi connectivity index (χ2v) is 7.30. The number of amides is 1. The number of piperidine rings is 1. The lowest BCUT2D eigenvalue weighted by atomic mass is 9.86. The molecule has 0 saturated carbocycles. The molecule has 5 nitrogen and oxygen atoms in total. The minimum absolute atomic E-state index is 0.00368. The van der Waals surface area contributed by atoms with Crippen molar-refractivity contribution in [2.24, 2.45) is 0 Å². The lowest BCUT2D eigenvalue weighted by Crippen LogP contribution is -2.49. The van der Waals surface area contributed by atoms with Crippen LogP contribution in [-0.4, -0.2) is 48.0 Å². The molecule has 0 radical (unpaired) electrons. The number of aliphatic hydroxyl groups is 1. The first-order valence-electron chi connectivity index (χ1n) is 8.60. The number of ether oxygens (including phenoxy) is 2. The Morgan fingerprint density at radius 1 is 1.29 bits per heavy atom. The topological polar surface area (TPSA) is 59.0 Å². The summed E-state index contributed by atoms with van der Waals surface area (Å²) < 4.78 is 10.8. The highest BCUT2D eigenvalue weighted by Gasteiger charge is 2.35. The van der Waals surface area contributed by atoms with Gasteiger partial charge in [0.1, 0.15) is 11.4 Å². The molecule has 0 aliphatic carbocycles. The number of nitrogens with zero attached hydrogens (tertiary/aromatic N) is 1. The number of likely N-dealkylation sites (tertiary alicyclic amines) is 1. The largest absolute Gasteiger partial charge is 0.497 e. The molecule has 1 fully saturated rings. The molecule has 5 heteroatoms. The zero-order valence-electron chi connectivity index (χ0n) is 15.1. The Balaban J connectivity index is 2.21. The molecule has 1 aliphatic rings. The summed E-state index contributed by atoms with van der Waals surface area (Å²) in [5, 5.41) is 9.98. The lowest BCUT2D eigenvalue weighted by molar-refractivity contribution is 0.00347. The van der Waals surface area contributed by atoms with Gasteiger partial charge in [0.2, 0.25) is 0 Å². The van der Waals surface area contributed by atoms with Crippen LogP contribution in [-0.2, 0) is 4.74 Å². The summed E-state index contributed by atoms with van der Waals surface area (Å²) in [4.78, 5) is 14.4. The Kier molecular flexibility index (Phi) is 6.10. The summed E-state index contributed by atoms with van der Waals surface area (Å²) in [5.74, 6) is 0.659. The summed E-state index contributed by atoms with van der Waals surface area (Å²) in [6.45, 7) is 6.28. The van der Waals surface area contributed by atoms with Gasteiger partial charge in [-0.1, -0.05) is 12.1 Å². The van der Waals surface area contributed by atoms with Crippen molar-refractivity contribution in [3.63, 3.8) is 0 Å². The molecule has 1 heterocycles. The highest BCUT2D eigenvalue weighted by molar-refractivity contribution is 5.69. The van der Waals surface area contributed by atoms with Crippen LogP contribution in [0.15, 0.2) is 24.3 Å². The summed E-state index contributed by atoms with van der Waals surface area (Å²) in [5.41, 5.74) is 0.493. The fraction of sp³-hybridized carbons (Fsp3) is 0.632. The molecule has 1 aromatic rings. The van der Waals surface area contributed by atoms with E-state index < -0.39 is 5.60 Å². The van der Waals surface area contributed by atoms with Crippen molar-refractivity contribution in [1.29, 1.82) is 0 Å². The molecule has 2 rings (SSSR count). The van der Waals surface area contributed by atoms with E-state index >= 15 is 0 Å². The van der Waals surface area contributed by atoms with Gasteiger partial charge in [-0.25, -0.2) is 4.79 Å². The van der Waals surface area contributed by atoms with Crippen molar-refractivity contribution in [3.8, 4) is 5.75 Å². The van der Waals surface area contributed by atoms with E-state index in [-0.39, 0.29) is 24.7 Å². The van der Waals surface area contributed by atoms with E-state index in [0.717, 1.165) is 30.6 Å². The van der Waals surface area contributed by atoms with E-state index in [1.165, 1.54) is 0 Å². The van der Waals surface area contributed by atoms with Crippen LogP contribution in [0.1, 0.15) is 51.5 Å². The third kappa shape index (κ3) is 4.63. The van der Waals surface area contributed by atoms with E-state index in [1.54, 1.807) is 12.0 Å². The number of methoxy groups -OCH3 is 1. The predicted octanol–water partition coefficient (Wildman–Crippen LogP) is 3.56. The molecule has 24 heavy (non-hydrogen) atoms. The normalized spacial score (nSPS) is 19.7. The Hall–Kier alpha value is -1.75. The Morgan fingerprint density at radius 2 is 1.96 bits per heavy atom. The second kappa shape index (κ2) is 7.88. The SMILES string of the molecule is COc1ccc([C@H](CO)[C@@H]2CCCCN2C(=O)OC(C)(C)C)cc1. The highest BCUT2D eigenvalue weighted by Crippen LogP contribution is 2.32. The van der Waals surface area contributed by atoms with Crippen molar-refractivity contribution >= 4 is 6.09 Å². The molecular formula is C19H29NO4. The quantitative estimate of drug-likeness (QED) is 0.914.